The highest BCUT2D eigenvalue weighted by Gasteiger charge is 2.31. The molecule has 1 N–H and O–H groups in total. The molecule has 0 aliphatic carbocycles. The molecule has 0 aromatic heterocycles. The van der Waals surface area contributed by atoms with Crippen molar-refractivity contribution in [2.75, 3.05) is 0 Å². The fourth-order valence-corrected chi connectivity index (χ4v) is 2.44. The number of aryl methyl sites for hydroxylation is 1. The van der Waals surface area contributed by atoms with Crippen LogP contribution < -0.4 is 0 Å². The summed E-state index contributed by atoms with van der Waals surface area (Å²) >= 11 is 3.01. The van der Waals surface area contributed by atoms with E-state index in [1.165, 1.54) is 25.1 Å². The normalized spacial score (nSPS) is 13.3. The van der Waals surface area contributed by atoms with Crippen molar-refractivity contribution < 1.29 is 22.7 Å². The maximum atomic E-state index is 14.0. The highest BCUT2D eigenvalue weighted by Crippen LogP contribution is 2.34. The molecule has 0 bridgehead atoms. The van der Waals surface area contributed by atoms with Gasteiger partial charge in [0.1, 0.15) is 11.9 Å². The summed E-state index contributed by atoms with van der Waals surface area (Å²) in [4.78, 5) is 0. The first-order chi connectivity index (χ1) is 9.71. The average molecular weight is 363 g/mol. The first-order valence-corrected chi connectivity index (χ1v) is 6.81. The van der Waals surface area contributed by atoms with Crippen molar-refractivity contribution in [1.82, 2.24) is 0 Å². The topological polar surface area (TPSA) is 20.2 Å². The van der Waals surface area contributed by atoms with E-state index in [-0.39, 0.29) is 21.2 Å². The van der Waals surface area contributed by atoms with Crippen LogP contribution in [-0.2, 0) is 6.18 Å². The molecule has 0 saturated carbocycles. The molecule has 0 aliphatic rings. The first-order valence-electron chi connectivity index (χ1n) is 6.01. The van der Waals surface area contributed by atoms with Gasteiger partial charge in [-0.05, 0) is 52.2 Å². The van der Waals surface area contributed by atoms with E-state index < -0.39 is 23.7 Å². The number of aliphatic hydroxyl groups is 1. The number of benzene rings is 2. The van der Waals surface area contributed by atoms with Crippen LogP contribution in [0.3, 0.4) is 0 Å². The zero-order chi connectivity index (χ0) is 15.8. The minimum Gasteiger partial charge on any atom is -0.384 e. The predicted molar refractivity (Wildman–Crippen MR) is 74.3 cm³/mol. The smallest absolute Gasteiger partial charge is 0.384 e. The Bertz CT molecular complexity index is 667. The van der Waals surface area contributed by atoms with Gasteiger partial charge in [-0.3, -0.25) is 0 Å². The Morgan fingerprint density at radius 3 is 2.33 bits per heavy atom. The number of hydrogen-bond donors (Lipinski definition) is 1. The summed E-state index contributed by atoms with van der Waals surface area (Å²) in [6, 6.07) is 7.40. The number of halogens is 5. The molecular weight excluding hydrogens is 352 g/mol. The summed E-state index contributed by atoms with van der Waals surface area (Å²) < 4.78 is 52.0. The summed E-state index contributed by atoms with van der Waals surface area (Å²) in [6.45, 7) is 1.45. The van der Waals surface area contributed by atoms with Crippen LogP contribution in [0.25, 0.3) is 0 Å². The van der Waals surface area contributed by atoms with Gasteiger partial charge in [0, 0.05) is 5.56 Å². The summed E-state index contributed by atoms with van der Waals surface area (Å²) in [7, 11) is 0. The Kier molecular flexibility index (Phi) is 4.39. The van der Waals surface area contributed by atoms with Crippen LogP contribution in [0.4, 0.5) is 17.6 Å². The van der Waals surface area contributed by atoms with Crippen molar-refractivity contribution in [3.8, 4) is 0 Å². The predicted octanol–water partition coefficient (Wildman–Crippen LogP) is 5.00. The van der Waals surface area contributed by atoms with Gasteiger partial charge in [-0.1, -0.05) is 18.2 Å². The van der Waals surface area contributed by atoms with Crippen molar-refractivity contribution in [3.05, 3.63) is 68.9 Å². The largest absolute Gasteiger partial charge is 0.416 e. The Hall–Kier alpha value is -1.40. The highest BCUT2D eigenvalue weighted by molar-refractivity contribution is 9.10. The molecule has 2 aromatic carbocycles. The maximum Gasteiger partial charge on any atom is 0.416 e. The lowest BCUT2D eigenvalue weighted by Crippen LogP contribution is -2.09. The highest BCUT2D eigenvalue weighted by atomic mass is 79.9. The molecule has 0 saturated heterocycles. The Morgan fingerprint density at radius 2 is 1.76 bits per heavy atom. The van der Waals surface area contributed by atoms with Gasteiger partial charge >= 0.3 is 6.18 Å². The molecule has 0 radical (unpaired) electrons. The zero-order valence-corrected chi connectivity index (χ0v) is 12.5. The standard InChI is InChI=1S/C15H11BrF4O/c1-8-7-9(15(18,19)20)5-6-10(8)14(21)11-3-2-4-12(16)13(11)17/h2-7,14,21H,1H3. The van der Waals surface area contributed by atoms with Crippen LogP contribution in [0.5, 0.6) is 0 Å². The molecule has 1 nitrogen and oxygen atoms in total. The third kappa shape index (κ3) is 3.27. The summed E-state index contributed by atoms with van der Waals surface area (Å²) in [5.74, 6) is -0.635. The fraction of sp³-hybridized carbons (Fsp3) is 0.200. The summed E-state index contributed by atoms with van der Waals surface area (Å²) in [5, 5.41) is 10.2. The monoisotopic (exact) mass is 362 g/mol. The van der Waals surface area contributed by atoms with Crippen LogP contribution in [-0.4, -0.2) is 5.11 Å². The van der Waals surface area contributed by atoms with Crippen LogP contribution in [0.1, 0.15) is 28.4 Å². The third-order valence-corrected chi connectivity index (χ3v) is 3.78. The maximum absolute atomic E-state index is 14.0. The Morgan fingerprint density at radius 1 is 1.10 bits per heavy atom. The van der Waals surface area contributed by atoms with Crippen molar-refractivity contribution in [1.29, 1.82) is 0 Å². The third-order valence-electron chi connectivity index (χ3n) is 3.17. The average Bonchev–Trinajstić information content (AvgIpc) is 2.40. The van der Waals surface area contributed by atoms with Crippen LogP contribution in [0.2, 0.25) is 0 Å². The quantitative estimate of drug-likeness (QED) is 0.745. The van der Waals surface area contributed by atoms with Crippen LogP contribution in [0, 0.1) is 12.7 Å². The fourth-order valence-electron chi connectivity index (χ4n) is 2.06. The molecule has 2 aromatic rings. The van der Waals surface area contributed by atoms with Gasteiger partial charge in [-0.2, -0.15) is 13.2 Å². The van der Waals surface area contributed by atoms with Gasteiger partial charge in [0.15, 0.2) is 0 Å². The second-order valence-corrected chi connectivity index (χ2v) is 5.47. The van der Waals surface area contributed by atoms with E-state index in [0.717, 1.165) is 12.1 Å². The lowest BCUT2D eigenvalue weighted by Gasteiger charge is -2.17. The van der Waals surface area contributed by atoms with Gasteiger partial charge in [0.25, 0.3) is 0 Å². The lowest BCUT2D eigenvalue weighted by molar-refractivity contribution is -0.137. The van der Waals surface area contributed by atoms with Gasteiger partial charge in [-0.25, -0.2) is 4.39 Å². The van der Waals surface area contributed by atoms with E-state index in [9.17, 15) is 22.7 Å². The Labute approximate surface area is 127 Å². The molecular formula is C15H11BrF4O. The van der Waals surface area contributed by atoms with Crippen molar-refractivity contribution >= 4 is 15.9 Å². The molecule has 0 amide bonds. The van der Waals surface area contributed by atoms with Crippen LogP contribution >= 0.6 is 15.9 Å². The van der Waals surface area contributed by atoms with Gasteiger partial charge in [0.05, 0.1) is 10.0 Å². The second kappa shape index (κ2) is 5.77. The number of aliphatic hydroxyl groups excluding tert-OH is 1. The molecule has 1 unspecified atom stereocenters. The minimum absolute atomic E-state index is 0.00670. The van der Waals surface area contributed by atoms with Gasteiger partial charge < -0.3 is 5.11 Å². The number of alkyl halides is 3. The van der Waals surface area contributed by atoms with Crippen molar-refractivity contribution in [2.45, 2.75) is 19.2 Å². The van der Waals surface area contributed by atoms with Gasteiger partial charge in [0.2, 0.25) is 0 Å². The lowest BCUT2D eigenvalue weighted by atomic mass is 9.95. The molecule has 0 spiro atoms. The van der Waals surface area contributed by atoms with E-state index >= 15 is 0 Å². The van der Waals surface area contributed by atoms with Gasteiger partial charge in [-0.15, -0.1) is 0 Å². The molecule has 1 atom stereocenters. The number of hydrogen-bond acceptors (Lipinski definition) is 1. The molecule has 0 fully saturated rings. The summed E-state index contributed by atoms with van der Waals surface area (Å²) in [5.41, 5.74) is -0.311. The molecule has 0 aliphatic heterocycles. The molecule has 2 rings (SSSR count). The minimum atomic E-state index is -4.45. The molecule has 0 heterocycles. The second-order valence-electron chi connectivity index (χ2n) is 4.61. The van der Waals surface area contributed by atoms with E-state index in [1.54, 1.807) is 6.07 Å². The number of rotatable bonds is 2. The van der Waals surface area contributed by atoms with Crippen LogP contribution in [0.15, 0.2) is 40.9 Å². The SMILES string of the molecule is Cc1cc(C(F)(F)F)ccc1C(O)c1cccc(Br)c1F. The van der Waals surface area contributed by atoms with E-state index in [2.05, 4.69) is 15.9 Å². The van der Waals surface area contributed by atoms with Crippen molar-refractivity contribution in [2.24, 2.45) is 0 Å². The van der Waals surface area contributed by atoms with E-state index in [1.807, 2.05) is 0 Å². The van der Waals surface area contributed by atoms with E-state index in [4.69, 9.17) is 0 Å². The van der Waals surface area contributed by atoms with Crippen molar-refractivity contribution in [3.63, 3.8) is 0 Å². The van der Waals surface area contributed by atoms with E-state index in [0.29, 0.717) is 0 Å². The molecule has 6 heteroatoms. The molecule has 21 heavy (non-hydrogen) atoms. The zero-order valence-electron chi connectivity index (χ0n) is 10.9. The molecule has 112 valence electrons. The first kappa shape index (κ1) is 16.0. The Balaban J connectivity index is 2.45. The summed E-state index contributed by atoms with van der Waals surface area (Å²) in [6.07, 6.45) is -5.78.